The first-order chi connectivity index (χ1) is 15.6. The largest absolute Gasteiger partial charge is 0.478 e. The fourth-order valence-corrected chi connectivity index (χ4v) is 3.14. The lowest BCUT2D eigenvalue weighted by molar-refractivity contribution is -0.141. The van der Waals surface area contributed by atoms with Crippen molar-refractivity contribution in [3.8, 4) is 33.8 Å². The fourth-order valence-electron chi connectivity index (χ4n) is 3.14. The summed E-state index contributed by atoms with van der Waals surface area (Å²) in [4.78, 5) is 22.4. The number of carboxylic acid groups (broad SMARTS) is 1. The number of nitrogens with zero attached hydrogens (tertiary/aromatic N) is 3. The smallest absolute Gasteiger partial charge is 0.433 e. The monoisotopic (exact) mass is 457 g/mol. The molecule has 166 valence electrons. The lowest BCUT2D eigenvalue weighted by Crippen LogP contribution is -2.10. The maximum Gasteiger partial charge on any atom is 0.433 e. The lowest BCUT2D eigenvalue weighted by atomic mass is 10.0. The number of halogens is 5. The van der Waals surface area contributed by atoms with Crippen LogP contribution in [0.2, 0.25) is 0 Å². The summed E-state index contributed by atoms with van der Waals surface area (Å²) in [5.74, 6) is -3.70. The normalized spacial score (nSPS) is 11.4. The molecule has 2 aromatic carbocycles. The summed E-state index contributed by atoms with van der Waals surface area (Å²) in [6, 6.07) is 12.6. The van der Waals surface area contributed by atoms with E-state index in [0.717, 1.165) is 18.3 Å². The molecule has 2 heterocycles. The summed E-state index contributed by atoms with van der Waals surface area (Å²) in [5.41, 5.74) is -1.49. The molecule has 4 aromatic rings. The number of aromatic nitrogens is 3. The number of aromatic carboxylic acids is 1. The number of hydrogen-bond acceptors (Lipinski definition) is 4. The molecule has 0 bridgehead atoms. The molecule has 0 saturated heterocycles. The predicted molar refractivity (Wildman–Crippen MR) is 108 cm³/mol. The van der Waals surface area contributed by atoms with E-state index in [-0.39, 0.29) is 22.6 Å². The van der Waals surface area contributed by atoms with Crippen molar-refractivity contribution in [1.29, 1.82) is 0 Å². The number of carboxylic acids is 1. The van der Waals surface area contributed by atoms with Gasteiger partial charge in [0.05, 0.1) is 16.8 Å². The Balaban J connectivity index is 1.86. The molecule has 0 aliphatic heterocycles. The van der Waals surface area contributed by atoms with Gasteiger partial charge in [0.1, 0.15) is 11.5 Å². The number of hydrogen-bond donors (Lipinski definition) is 1. The molecule has 2 aromatic heterocycles. The van der Waals surface area contributed by atoms with Crippen molar-refractivity contribution in [2.45, 2.75) is 6.18 Å². The van der Waals surface area contributed by atoms with Gasteiger partial charge in [-0.1, -0.05) is 24.3 Å². The summed E-state index contributed by atoms with van der Waals surface area (Å²) in [5, 5.41) is 9.14. The Morgan fingerprint density at radius 3 is 2.27 bits per heavy atom. The van der Waals surface area contributed by atoms with Crippen molar-refractivity contribution in [3.05, 3.63) is 89.9 Å². The number of carbonyl (C=O) groups is 1. The van der Waals surface area contributed by atoms with Gasteiger partial charge in [-0.15, -0.1) is 0 Å². The van der Waals surface area contributed by atoms with E-state index < -0.39 is 35.2 Å². The van der Waals surface area contributed by atoms with Gasteiger partial charge in [-0.05, 0) is 47.5 Å². The third kappa shape index (κ3) is 4.54. The van der Waals surface area contributed by atoms with Gasteiger partial charge in [-0.2, -0.15) is 17.6 Å². The van der Waals surface area contributed by atoms with E-state index in [0.29, 0.717) is 17.2 Å². The zero-order valence-corrected chi connectivity index (χ0v) is 16.4. The Hall–Kier alpha value is -4.21. The van der Waals surface area contributed by atoms with Crippen LogP contribution in [0.5, 0.6) is 0 Å². The molecule has 0 aliphatic rings. The molecule has 33 heavy (non-hydrogen) atoms. The van der Waals surface area contributed by atoms with Crippen LogP contribution >= 0.6 is 0 Å². The maximum atomic E-state index is 14.1. The molecule has 4 rings (SSSR count). The minimum absolute atomic E-state index is 0.158. The first-order valence-electron chi connectivity index (χ1n) is 9.34. The Labute approximate surface area is 183 Å². The quantitative estimate of drug-likeness (QED) is 0.307. The molecule has 10 heteroatoms. The van der Waals surface area contributed by atoms with Crippen LogP contribution in [-0.4, -0.2) is 26.0 Å². The average Bonchev–Trinajstić information content (AvgIpc) is 2.79. The van der Waals surface area contributed by atoms with Gasteiger partial charge in [0, 0.05) is 11.8 Å². The second-order valence-corrected chi connectivity index (χ2v) is 6.88. The predicted octanol–water partition coefficient (Wildman–Crippen LogP) is 5.87. The zero-order valence-electron chi connectivity index (χ0n) is 16.4. The van der Waals surface area contributed by atoms with E-state index in [2.05, 4.69) is 15.0 Å². The summed E-state index contributed by atoms with van der Waals surface area (Å²) in [6.45, 7) is 0. The van der Waals surface area contributed by atoms with Crippen LogP contribution in [0.1, 0.15) is 16.1 Å². The molecular weight excluding hydrogens is 445 g/mol. The van der Waals surface area contributed by atoms with Crippen LogP contribution in [0.4, 0.5) is 22.0 Å². The second-order valence-electron chi connectivity index (χ2n) is 6.88. The molecule has 0 atom stereocenters. The van der Waals surface area contributed by atoms with Gasteiger partial charge in [0.15, 0.2) is 5.82 Å². The van der Waals surface area contributed by atoms with Crippen molar-refractivity contribution in [2.24, 2.45) is 0 Å². The summed E-state index contributed by atoms with van der Waals surface area (Å²) < 4.78 is 68.3. The van der Waals surface area contributed by atoms with Crippen molar-refractivity contribution in [2.75, 3.05) is 0 Å². The van der Waals surface area contributed by atoms with Gasteiger partial charge < -0.3 is 5.11 Å². The van der Waals surface area contributed by atoms with Gasteiger partial charge in [0.2, 0.25) is 5.95 Å². The summed E-state index contributed by atoms with van der Waals surface area (Å²) in [6.07, 6.45) is -3.67. The van der Waals surface area contributed by atoms with Crippen molar-refractivity contribution >= 4 is 5.97 Å². The third-order valence-corrected chi connectivity index (χ3v) is 4.70. The van der Waals surface area contributed by atoms with E-state index in [1.54, 1.807) is 6.07 Å². The zero-order chi connectivity index (χ0) is 23.8. The molecule has 0 saturated carbocycles. The van der Waals surface area contributed by atoms with Gasteiger partial charge >= 0.3 is 12.1 Å². The number of pyridine rings is 1. The number of rotatable bonds is 4. The highest BCUT2D eigenvalue weighted by Gasteiger charge is 2.34. The minimum Gasteiger partial charge on any atom is -0.478 e. The highest BCUT2D eigenvalue weighted by Crippen LogP contribution is 2.33. The van der Waals surface area contributed by atoms with Gasteiger partial charge in [-0.25, -0.2) is 24.1 Å². The highest BCUT2D eigenvalue weighted by atomic mass is 19.4. The fraction of sp³-hybridized carbons (Fsp3) is 0.0435. The van der Waals surface area contributed by atoms with Gasteiger partial charge in [-0.3, -0.25) is 0 Å². The van der Waals surface area contributed by atoms with Crippen molar-refractivity contribution < 1.29 is 31.9 Å². The van der Waals surface area contributed by atoms with Crippen LogP contribution in [0.15, 0.2) is 66.9 Å². The molecule has 5 nitrogen and oxygen atoms in total. The SMILES string of the molecule is O=C(O)c1cc(-c2cccc(-c3nc(-c4cccnc4F)cc(C(F)(F)F)n3)c2)ccc1F. The Kier molecular flexibility index (Phi) is 5.59. The van der Waals surface area contributed by atoms with Crippen LogP contribution in [0.25, 0.3) is 33.8 Å². The molecule has 0 spiro atoms. The Morgan fingerprint density at radius 2 is 1.58 bits per heavy atom. The molecule has 0 aliphatic carbocycles. The maximum absolute atomic E-state index is 14.1. The van der Waals surface area contributed by atoms with E-state index in [1.165, 1.54) is 36.4 Å². The van der Waals surface area contributed by atoms with E-state index in [1.807, 2.05) is 0 Å². The topological polar surface area (TPSA) is 76.0 Å². The van der Waals surface area contributed by atoms with Crippen LogP contribution in [0.3, 0.4) is 0 Å². The first kappa shape index (κ1) is 22.0. The van der Waals surface area contributed by atoms with Crippen molar-refractivity contribution in [3.63, 3.8) is 0 Å². The molecule has 0 amide bonds. The number of benzene rings is 2. The average molecular weight is 457 g/mol. The van der Waals surface area contributed by atoms with Crippen LogP contribution < -0.4 is 0 Å². The Morgan fingerprint density at radius 1 is 0.848 bits per heavy atom. The van der Waals surface area contributed by atoms with E-state index >= 15 is 0 Å². The molecule has 0 unspecified atom stereocenters. The second kappa shape index (κ2) is 8.38. The molecular formula is C23H12F5N3O2. The summed E-state index contributed by atoms with van der Waals surface area (Å²) >= 11 is 0. The third-order valence-electron chi connectivity index (χ3n) is 4.70. The lowest BCUT2D eigenvalue weighted by Gasteiger charge is -2.12. The molecule has 1 N–H and O–H groups in total. The van der Waals surface area contributed by atoms with Crippen molar-refractivity contribution in [1.82, 2.24) is 15.0 Å². The van der Waals surface area contributed by atoms with E-state index in [4.69, 9.17) is 5.11 Å². The highest BCUT2D eigenvalue weighted by molar-refractivity contribution is 5.90. The van der Waals surface area contributed by atoms with Gasteiger partial charge in [0.25, 0.3) is 0 Å². The van der Waals surface area contributed by atoms with Crippen LogP contribution in [-0.2, 0) is 6.18 Å². The molecule has 0 radical (unpaired) electrons. The molecule has 0 fully saturated rings. The minimum atomic E-state index is -4.82. The summed E-state index contributed by atoms with van der Waals surface area (Å²) in [7, 11) is 0. The Bertz CT molecular complexity index is 1370. The first-order valence-corrected chi connectivity index (χ1v) is 9.34. The van der Waals surface area contributed by atoms with E-state index in [9.17, 15) is 26.7 Å². The van der Waals surface area contributed by atoms with Crippen LogP contribution in [0, 0.1) is 11.8 Å². The number of alkyl halides is 3. The standard InChI is InChI=1S/C23H12F5N3O2/c24-17-7-6-13(10-16(17)22(32)33)12-3-1-4-14(9-12)21-30-18(11-19(31-21)23(26,27)28)15-5-2-8-29-20(15)25/h1-11H,(H,32,33).